The average Bonchev–Trinajstić information content (AvgIpc) is 2.81. The number of phenolic OH excluding ortho intramolecular Hbond substituents is 1. The highest BCUT2D eigenvalue weighted by Gasteiger charge is 2.09. The standard InChI is InChI=1S/C14H9NO2S/c16-8-9-5-6-11-13(7-9)18-14(15-11)10-3-1-2-4-12(10)17/h1-8,17H. The van der Waals surface area contributed by atoms with Gasteiger partial charge in [-0.15, -0.1) is 11.3 Å². The molecule has 0 bridgehead atoms. The number of aldehydes is 1. The van der Waals surface area contributed by atoms with Crippen molar-refractivity contribution in [2.24, 2.45) is 0 Å². The van der Waals surface area contributed by atoms with Crippen LogP contribution in [0.3, 0.4) is 0 Å². The SMILES string of the molecule is O=Cc1ccc2nc(-c3ccccc3O)sc2c1. The van der Waals surface area contributed by atoms with Gasteiger partial charge in [-0.1, -0.05) is 12.1 Å². The number of aromatic hydroxyl groups is 1. The average molecular weight is 255 g/mol. The van der Waals surface area contributed by atoms with E-state index >= 15 is 0 Å². The Balaban J connectivity index is 2.19. The maximum absolute atomic E-state index is 10.7. The normalized spacial score (nSPS) is 10.7. The predicted octanol–water partition coefficient (Wildman–Crippen LogP) is 3.48. The lowest BCUT2D eigenvalue weighted by molar-refractivity contribution is 0.112. The van der Waals surface area contributed by atoms with Crippen LogP contribution in [0.4, 0.5) is 0 Å². The second-order valence-electron chi connectivity index (χ2n) is 3.88. The minimum atomic E-state index is 0.215. The van der Waals surface area contributed by atoms with Gasteiger partial charge in [0.25, 0.3) is 0 Å². The number of hydrogen-bond acceptors (Lipinski definition) is 4. The van der Waals surface area contributed by atoms with Crippen LogP contribution in [-0.4, -0.2) is 16.4 Å². The van der Waals surface area contributed by atoms with E-state index in [9.17, 15) is 9.90 Å². The fourth-order valence-electron chi connectivity index (χ4n) is 1.78. The van der Waals surface area contributed by atoms with Gasteiger partial charge in [0.2, 0.25) is 0 Å². The topological polar surface area (TPSA) is 50.2 Å². The molecule has 0 unspecified atom stereocenters. The largest absolute Gasteiger partial charge is 0.507 e. The first-order valence-corrected chi connectivity index (χ1v) is 6.24. The van der Waals surface area contributed by atoms with Gasteiger partial charge < -0.3 is 5.11 Å². The highest BCUT2D eigenvalue weighted by Crippen LogP contribution is 2.34. The highest BCUT2D eigenvalue weighted by molar-refractivity contribution is 7.21. The molecule has 0 aliphatic carbocycles. The van der Waals surface area contributed by atoms with Gasteiger partial charge in [-0.2, -0.15) is 0 Å². The molecule has 88 valence electrons. The Morgan fingerprint density at radius 3 is 2.78 bits per heavy atom. The van der Waals surface area contributed by atoms with Crippen LogP contribution in [-0.2, 0) is 0 Å². The fourth-order valence-corrected chi connectivity index (χ4v) is 2.83. The monoisotopic (exact) mass is 255 g/mol. The van der Waals surface area contributed by atoms with E-state index in [0.717, 1.165) is 21.5 Å². The first kappa shape index (κ1) is 10.9. The maximum Gasteiger partial charge on any atom is 0.150 e. The third-order valence-corrected chi connectivity index (χ3v) is 3.73. The lowest BCUT2D eigenvalue weighted by atomic mass is 10.2. The van der Waals surface area contributed by atoms with Crippen molar-refractivity contribution in [3.05, 3.63) is 48.0 Å². The van der Waals surface area contributed by atoms with E-state index < -0.39 is 0 Å². The van der Waals surface area contributed by atoms with Crippen LogP contribution in [0.1, 0.15) is 10.4 Å². The van der Waals surface area contributed by atoms with Gasteiger partial charge in [-0.05, 0) is 30.3 Å². The summed E-state index contributed by atoms with van der Waals surface area (Å²) in [4.78, 5) is 15.2. The number of carbonyl (C=O) groups is 1. The van der Waals surface area contributed by atoms with Crippen molar-refractivity contribution in [2.45, 2.75) is 0 Å². The van der Waals surface area contributed by atoms with E-state index in [1.165, 1.54) is 11.3 Å². The van der Waals surface area contributed by atoms with Crippen LogP contribution in [0, 0.1) is 0 Å². The zero-order valence-electron chi connectivity index (χ0n) is 9.33. The van der Waals surface area contributed by atoms with E-state index in [-0.39, 0.29) is 5.75 Å². The van der Waals surface area contributed by atoms with E-state index in [0.29, 0.717) is 11.1 Å². The molecular weight excluding hydrogens is 246 g/mol. The number of para-hydroxylation sites is 1. The lowest BCUT2D eigenvalue weighted by Gasteiger charge is -1.98. The van der Waals surface area contributed by atoms with Crippen LogP contribution in [0.15, 0.2) is 42.5 Å². The third-order valence-electron chi connectivity index (χ3n) is 2.68. The molecule has 0 saturated carbocycles. The minimum absolute atomic E-state index is 0.215. The third kappa shape index (κ3) is 1.76. The summed E-state index contributed by atoms with van der Waals surface area (Å²) in [6.07, 6.45) is 0.818. The van der Waals surface area contributed by atoms with Crippen LogP contribution in [0.5, 0.6) is 5.75 Å². The molecule has 0 amide bonds. The number of rotatable bonds is 2. The van der Waals surface area contributed by atoms with E-state index in [1.54, 1.807) is 18.2 Å². The molecule has 0 fully saturated rings. The number of thiazole rings is 1. The quantitative estimate of drug-likeness (QED) is 0.713. The van der Waals surface area contributed by atoms with Gasteiger partial charge in [-0.3, -0.25) is 4.79 Å². The molecule has 3 nitrogen and oxygen atoms in total. The summed E-state index contributed by atoms with van der Waals surface area (Å²) in [5.74, 6) is 0.215. The molecule has 0 atom stereocenters. The van der Waals surface area contributed by atoms with Crippen LogP contribution in [0.25, 0.3) is 20.8 Å². The second kappa shape index (κ2) is 4.23. The molecule has 2 aromatic carbocycles. The smallest absolute Gasteiger partial charge is 0.150 e. The van der Waals surface area contributed by atoms with Gasteiger partial charge in [0.15, 0.2) is 0 Å². The molecule has 0 spiro atoms. The molecule has 3 aromatic rings. The molecule has 3 rings (SSSR count). The zero-order chi connectivity index (χ0) is 12.5. The summed E-state index contributed by atoms with van der Waals surface area (Å²) in [6, 6.07) is 12.5. The van der Waals surface area contributed by atoms with E-state index in [4.69, 9.17) is 0 Å². The fraction of sp³-hybridized carbons (Fsp3) is 0. The van der Waals surface area contributed by atoms with Crippen molar-refractivity contribution >= 4 is 27.8 Å². The van der Waals surface area contributed by atoms with Crippen LogP contribution in [0.2, 0.25) is 0 Å². The first-order valence-electron chi connectivity index (χ1n) is 5.42. The Morgan fingerprint density at radius 2 is 2.00 bits per heavy atom. The molecule has 0 radical (unpaired) electrons. The van der Waals surface area contributed by atoms with E-state index in [2.05, 4.69) is 4.98 Å². The number of hydrogen-bond donors (Lipinski definition) is 1. The summed E-state index contributed by atoms with van der Waals surface area (Å²) < 4.78 is 0.942. The molecule has 1 N–H and O–H groups in total. The van der Waals surface area contributed by atoms with Crippen molar-refractivity contribution in [3.63, 3.8) is 0 Å². The first-order chi connectivity index (χ1) is 8.78. The zero-order valence-corrected chi connectivity index (χ0v) is 10.1. The Kier molecular flexibility index (Phi) is 2.57. The van der Waals surface area contributed by atoms with Gasteiger partial charge >= 0.3 is 0 Å². The molecule has 0 aliphatic rings. The Morgan fingerprint density at radius 1 is 1.17 bits per heavy atom. The van der Waals surface area contributed by atoms with Crippen molar-refractivity contribution in [3.8, 4) is 16.3 Å². The van der Waals surface area contributed by atoms with Crippen molar-refractivity contribution < 1.29 is 9.90 Å². The van der Waals surface area contributed by atoms with Gasteiger partial charge in [0, 0.05) is 5.56 Å². The summed E-state index contributed by atoms with van der Waals surface area (Å²) in [5, 5.41) is 10.6. The Labute approximate surface area is 107 Å². The van der Waals surface area contributed by atoms with Crippen LogP contribution < -0.4 is 0 Å². The number of aromatic nitrogens is 1. The molecule has 1 heterocycles. The predicted molar refractivity (Wildman–Crippen MR) is 72.1 cm³/mol. The number of carbonyl (C=O) groups excluding carboxylic acids is 1. The number of fused-ring (bicyclic) bond motifs is 1. The van der Waals surface area contributed by atoms with Crippen molar-refractivity contribution in [2.75, 3.05) is 0 Å². The lowest BCUT2D eigenvalue weighted by Crippen LogP contribution is -1.78. The Hall–Kier alpha value is -2.20. The maximum atomic E-state index is 10.7. The second-order valence-corrected chi connectivity index (χ2v) is 4.91. The van der Waals surface area contributed by atoms with E-state index in [1.807, 2.05) is 24.3 Å². The molecule has 1 aromatic heterocycles. The summed E-state index contributed by atoms with van der Waals surface area (Å²) in [6.45, 7) is 0. The minimum Gasteiger partial charge on any atom is -0.507 e. The Bertz CT molecular complexity index is 733. The molecular formula is C14H9NO2S. The van der Waals surface area contributed by atoms with Gasteiger partial charge in [0.05, 0.1) is 15.8 Å². The molecule has 18 heavy (non-hydrogen) atoms. The van der Waals surface area contributed by atoms with Crippen molar-refractivity contribution in [1.29, 1.82) is 0 Å². The highest BCUT2D eigenvalue weighted by atomic mass is 32.1. The number of phenols is 1. The van der Waals surface area contributed by atoms with Gasteiger partial charge in [-0.25, -0.2) is 4.98 Å². The molecule has 0 aliphatic heterocycles. The number of benzene rings is 2. The number of nitrogens with zero attached hydrogens (tertiary/aromatic N) is 1. The summed E-state index contributed by atoms with van der Waals surface area (Å²) in [7, 11) is 0. The van der Waals surface area contributed by atoms with Crippen LogP contribution >= 0.6 is 11.3 Å². The molecule has 0 saturated heterocycles. The molecule has 4 heteroatoms. The summed E-state index contributed by atoms with van der Waals surface area (Å²) in [5.41, 5.74) is 2.19. The van der Waals surface area contributed by atoms with Crippen molar-refractivity contribution in [1.82, 2.24) is 4.98 Å². The summed E-state index contributed by atoms with van der Waals surface area (Å²) >= 11 is 1.46. The van der Waals surface area contributed by atoms with Gasteiger partial charge in [0.1, 0.15) is 17.0 Å².